The third-order valence-electron chi connectivity index (χ3n) is 3.09. The summed E-state index contributed by atoms with van der Waals surface area (Å²) in [5.41, 5.74) is 0.382. The maximum absolute atomic E-state index is 13.6. The quantitative estimate of drug-likeness (QED) is 0.864. The second-order valence-electron chi connectivity index (χ2n) is 4.32. The molecular weight excluding hydrogens is 219 g/mol. The van der Waals surface area contributed by atoms with Crippen molar-refractivity contribution in [3.8, 4) is 0 Å². The van der Waals surface area contributed by atoms with Crippen LogP contribution in [0.4, 0.5) is 10.1 Å². The number of benzene rings is 1. The molecule has 0 aromatic heterocycles. The van der Waals surface area contributed by atoms with E-state index in [-0.39, 0.29) is 11.7 Å². The monoisotopic (exact) mass is 236 g/mol. The van der Waals surface area contributed by atoms with Crippen molar-refractivity contribution in [3.05, 3.63) is 30.1 Å². The average molecular weight is 236 g/mol. The van der Waals surface area contributed by atoms with Gasteiger partial charge in [0.25, 0.3) is 0 Å². The largest absolute Gasteiger partial charge is 0.316 e. The molecule has 0 aliphatic carbocycles. The van der Waals surface area contributed by atoms with E-state index < -0.39 is 0 Å². The van der Waals surface area contributed by atoms with Crippen LogP contribution in [0.25, 0.3) is 0 Å². The minimum absolute atomic E-state index is 0.00380. The minimum atomic E-state index is -0.338. The summed E-state index contributed by atoms with van der Waals surface area (Å²) in [5, 5.41) is 3.13. The van der Waals surface area contributed by atoms with Gasteiger partial charge in [0.15, 0.2) is 0 Å². The van der Waals surface area contributed by atoms with Crippen molar-refractivity contribution in [2.45, 2.75) is 13.3 Å². The lowest BCUT2D eigenvalue weighted by Crippen LogP contribution is -2.45. The smallest absolute Gasteiger partial charge is 0.227 e. The molecule has 1 aromatic rings. The van der Waals surface area contributed by atoms with Gasteiger partial charge in [0.1, 0.15) is 5.82 Å². The number of halogens is 1. The average Bonchev–Trinajstić information content (AvgIpc) is 2.27. The Bertz CT molecular complexity index is 404. The van der Waals surface area contributed by atoms with Gasteiger partial charge in [0.2, 0.25) is 5.91 Å². The number of carbonyl (C=O) groups is 1. The Hall–Kier alpha value is -1.42. The molecule has 0 spiro atoms. The zero-order valence-electron chi connectivity index (χ0n) is 9.95. The van der Waals surface area contributed by atoms with Gasteiger partial charge in [-0.25, -0.2) is 4.39 Å². The van der Waals surface area contributed by atoms with Crippen molar-refractivity contribution >= 4 is 11.6 Å². The minimum Gasteiger partial charge on any atom is -0.316 e. The molecule has 1 aliphatic heterocycles. The Morgan fingerprint density at radius 1 is 1.47 bits per heavy atom. The van der Waals surface area contributed by atoms with Crippen LogP contribution in [-0.4, -0.2) is 25.5 Å². The highest BCUT2D eigenvalue weighted by Gasteiger charge is 2.24. The van der Waals surface area contributed by atoms with E-state index in [0.717, 1.165) is 13.1 Å². The van der Waals surface area contributed by atoms with Crippen molar-refractivity contribution in [3.63, 3.8) is 0 Å². The number of nitrogens with one attached hydrogen (secondary N) is 1. The summed E-state index contributed by atoms with van der Waals surface area (Å²) in [4.78, 5) is 13.6. The number of anilines is 1. The number of nitrogens with zero attached hydrogens (tertiary/aromatic N) is 1. The van der Waals surface area contributed by atoms with Gasteiger partial charge in [-0.15, -0.1) is 0 Å². The van der Waals surface area contributed by atoms with Crippen molar-refractivity contribution in [2.24, 2.45) is 5.92 Å². The van der Waals surface area contributed by atoms with E-state index >= 15 is 0 Å². The molecule has 0 saturated carbocycles. The molecule has 1 saturated heterocycles. The van der Waals surface area contributed by atoms with Gasteiger partial charge in [0, 0.05) is 13.0 Å². The molecule has 1 aromatic carbocycles. The molecule has 0 unspecified atom stereocenters. The number of amides is 1. The summed E-state index contributed by atoms with van der Waals surface area (Å²) < 4.78 is 13.6. The summed E-state index contributed by atoms with van der Waals surface area (Å²) in [6.45, 7) is 4.14. The van der Waals surface area contributed by atoms with Crippen molar-refractivity contribution in [1.29, 1.82) is 0 Å². The Morgan fingerprint density at radius 2 is 2.18 bits per heavy atom. The Morgan fingerprint density at radius 3 is 2.71 bits per heavy atom. The fraction of sp³-hybridized carbons (Fsp3) is 0.462. The molecule has 92 valence electrons. The van der Waals surface area contributed by atoms with Gasteiger partial charge in [-0.1, -0.05) is 12.1 Å². The summed E-state index contributed by atoms with van der Waals surface area (Å²) in [6.07, 6.45) is 0.495. The predicted octanol–water partition coefficient (Wildman–Crippen LogP) is 1.79. The first-order valence-electron chi connectivity index (χ1n) is 5.98. The third kappa shape index (κ3) is 2.64. The molecular formula is C13H17FN2O. The Kier molecular flexibility index (Phi) is 3.74. The lowest BCUT2D eigenvalue weighted by atomic mass is 9.98. The normalized spacial score (nSPS) is 15.4. The van der Waals surface area contributed by atoms with Crippen LogP contribution < -0.4 is 10.2 Å². The van der Waals surface area contributed by atoms with Gasteiger partial charge >= 0.3 is 0 Å². The van der Waals surface area contributed by atoms with E-state index in [1.54, 1.807) is 18.2 Å². The zero-order valence-corrected chi connectivity index (χ0v) is 9.95. The topological polar surface area (TPSA) is 32.3 Å². The van der Waals surface area contributed by atoms with Gasteiger partial charge in [-0.3, -0.25) is 4.79 Å². The van der Waals surface area contributed by atoms with E-state index in [9.17, 15) is 9.18 Å². The number of para-hydroxylation sites is 1. The van der Waals surface area contributed by atoms with E-state index in [1.807, 2.05) is 6.92 Å². The van der Waals surface area contributed by atoms with E-state index in [0.29, 0.717) is 24.6 Å². The SMILES string of the molecule is CCN(C(=O)CC1CNC1)c1ccccc1F. The van der Waals surface area contributed by atoms with Crippen molar-refractivity contribution in [1.82, 2.24) is 5.32 Å². The zero-order chi connectivity index (χ0) is 12.3. The van der Waals surface area contributed by atoms with Gasteiger partial charge in [-0.05, 0) is 38.1 Å². The van der Waals surface area contributed by atoms with Crippen LogP contribution in [0.1, 0.15) is 13.3 Å². The first kappa shape index (κ1) is 12.0. The molecule has 3 nitrogen and oxygen atoms in total. The van der Waals surface area contributed by atoms with Gasteiger partial charge in [0.05, 0.1) is 5.69 Å². The number of hydrogen-bond acceptors (Lipinski definition) is 2. The third-order valence-corrected chi connectivity index (χ3v) is 3.09. The molecule has 4 heteroatoms. The molecule has 1 amide bonds. The first-order chi connectivity index (χ1) is 8.22. The van der Waals surface area contributed by atoms with Crippen molar-refractivity contribution < 1.29 is 9.18 Å². The number of rotatable bonds is 4. The fourth-order valence-corrected chi connectivity index (χ4v) is 2.00. The van der Waals surface area contributed by atoms with Gasteiger partial charge in [-0.2, -0.15) is 0 Å². The standard InChI is InChI=1S/C13H17FN2O/c1-2-16(12-6-4-3-5-11(12)14)13(17)7-10-8-15-9-10/h3-6,10,15H,2,7-9H2,1H3. The highest BCUT2D eigenvalue weighted by molar-refractivity contribution is 5.93. The number of hydrogen-bond donors (Lipinski definition) is 1. The summed E-state index contributed by atoms with van der Waals surface area (Å²) in [5.74, 6) is 0.0712. The molecule has 1 N–H and O–H groups in total. The van der Waals surface area contributed by atoms with Crippen LogP contribution in [-0.2, 0) is 4.79 Å². The molecule has 0 radical (unpaired) electrons. The van der Waals surface area contributed by atoms with Crippen LogP contribution in [0, 0.1) is 11.7 Å². The summed E-state index contributed by atoms with van der Waals surface area (Å²) >= 11 is 0. The molecule has 0 atom stereocenters. The molecule has 1 heterocycles. The molecule has 0 bridgehead atoms. The van der Waals surface area contributed by atoms with E-state index in [2.05, 4.69) is 5.32 Å². The molecule has 1 aliphatic rings. The molecule has 2 rings (SSSR count). The second kappa shape index (κ2) is 5.27. The summed E-state index contributed by atoms with van der Waals surface area (Å²) in [7, 11) is 0. The van der Waals surface area contributed by atoms with Crippen molar-refractivity contribution in [2.75, 3.05) is 24.5 Å². The second-order valence-corrected chi connectivity index (χ2v) is 4.32. The maximum atomic E-state index is 13.6. The van der Waals surface area contributed by atoms with Crippen LogP contribution in [0.15, 0.2) is 24.3 Å². The van der Waals surface area contributed by atoms with Crippen LogP contribution >= 0.6 is 0 Å². The lowest BCUT2D eigenvalue weighted by molar-refractivity contribution is -0.119. The van der Waals surface area contributed by atoms with E-state index in [1.165, 1.54) is 11.0 Å². The fourth-order valence-electron chi connectivity index (χ4n) is 2.00. The highest BCUT2D eigenvalue weighted by atomic mass is 19.1. The molecule has 1 fully saturated rings. The lowest BCUT2D eigenvalue weighted by Gasteiger charge is -2.29. The Labute approximate surface area is 101 Å². The number of carbonyl (C=O) groups excluding carboxylic acids is 1. The first-order valence-corrected chi connectivity index (χ1v) is 5.98. The highest BCUT2D eigenvalue weighted by Crippen LogP contribution is 2.21. The van der Waals surface area contributed by atoms with E-state index in [4.69, 9.17) is 0 Å². The predicted molar refractivity (Wildman–Crippen MR) is 65.4 cm³/mol. The van der Waals surface area contributed by atoms with Crippen LogP contribution in [0.3, 0.4) is 0 Å². The van der Waals surface area contributed by atoms with Gasteiger partial charge < -0.3 is 10.2 Å². The maximum Gasteiger partial charge on any atom is 0.227 e. The summed E-state index contributed by atoms with van der Waals surface area (Å²) in [6, 6.07) is 6.41. The van der Waals surface area contributed by atoms with Crippen LogP contribution in [0.5, 0.6) is 0 Å². The van der Waals surface area contributed by atoms with Crippen LogP contribution in [0.2, 0.25) is 0 Å². The molecule has 17 heavy (non-hydrogen) atoms. The Balaban J connectivity index is 2.09.